The third kappa shape index (κ3) is 5.91. The van der Waals surface area contributed by atoms with E-state index in [-0.39, 0.29) is 36.5 Å². The van der Waals surface area contributed by atoms with Gasteiger partial charge in [-0.3, -0.25) is 9.59 Å². The van der Waals surface area contributed by atoms with Gasteiger partial charge in [-0.05, 0) is 43.0 Å². The van der Waals surface area contributed by atoms with Gasteiger partial charge in [0.1, 0.15) is 6.04 Å². The summed E-state index contributed by atoms with van der Waals surface area (Å²) in [5.74, 6) is -0.474. The number of carbonyl (C=O) groups is 2. The Balaban J connectivity index is 2.02. The Hall–Kier alpha value is -2.68. The molecule has 1 atom stereocenters. The molecule has 1 heterocycles. The molecule has 0 fully saturated rings. The number of amides is 2. The number of hydrogen-bond acceptors (Lipinski definition) is 5. The summed E-state index contributed by atoms with van der Waals surface area (Å²) in [5.41, 5.74) is 0.678. The lowest BCUT2D eigenvalue weighted by molar-refractivity contribution is -0.132. The molecule has 2 rings (SSSR count). The number of alkyl halides is 2. The van der Waals surface area contributed by atoms with E-state index in [1.165, 1.54) is 22.3 Å². The molecule has 1 aromatic carbocycles. The third-order valence-corrected chi connectivity index (χ3v) is 4.65. The molecule has 0 aliphatic rings. The summed E-state index contributed by atoms with van der Waals surface area (Å²) >= 11 is 1.29. The minimum absolute atomic E-state index is 0.0637. The summed E-state index contributed by atoms with van der Waals surface area (Å²) in [5, 5.41) is 4.45. The minimum atomic E-state index is -2.96. The molecule has 0 radical (unpaired) electrons. The molecule has 1 aromatic heterocycles. The summed E-state index contributed by atoms with van der Waals surface area (Å²) in [6.45, 7) is 0.876. The maximum atomic E-state index is 12.5. The second kappa shape index (κ2) is 10.0. The lowest BCUT2D eigenvalue weighted by Gasteiger charge is -2.22. The predicted molar refractivity (Wildman–Crippen MR) is 102 cm³/mol. The average molecular weight is 412 g/mol. The second-order valence-corrected chi connectivity index (χ2v) is 6.91. The number of benzene rings is 1. The molecule has 1 unspecified atom stereocenters. The molecule has 0 bridgehead atoms. The molecule has 152 valence electrons. The van der Waals surface area contributed by atoms with Crippen molar-refractivity contribution in [3.8, 4) is 11.5 Å². The molecule has 6 nitrogen and oxygen atoms in total. The summed E-state index contributed by atoms with van der Waals surface area (Å²) in [7, 11) is 1.60. The van der Waals surface area contributed by atoms with Crippen LogP contribution in [-0.4, -0.2) is 43.0 Å². The molecule has 9 heteroatoms. The van der Waals surface area contributed by atoms with Crippen LogP contribution in [0.5, 0.6) is 11.5 Å². The topological polar surface area (TPSA) is 67.9 Å². The quantitative estimate of drug-likeness (QED) is 0.684. The second-order valence-electron chi connectivity index (χ2n) is 5.96. The number of thiophene rings is 1. The van der Waals surface area contributed by atoms with E-state index in [2.05, 4.69) is 10.1 Å². The zero-order valence-corrected chi connectivity index (χ0v) is 16.6. The van der Waals surface area contributed by atoms with Crippen LogP contribution < -0.4 is 14.8 Å². The number of halogens is 2. The molecule has 0 saturated carbocycles. The van der Waals surface area contributed by atoms with E-state index in [1.807, 2.05) is 0 Å². The average Bonchev–Trinajstić information content (AvgIpc) is 3.17. The van der Waals surface area contributed by atoms with Gasteiger partial charge < -0.3 is 19.7 Å². The van der Waals surface area contributed by atoms with Gasteiger partial charge >= 0.3 is 6.61 Å². The van der Waals surface area contributed by atoms with Gasteiger partial charge in [0.05, 0.1) is 11.5 Å². The first kappa shape index (κ1) is 21.6. The Morgan fingerprint density at radius 1 is 1.25 bits per heavy atom. The number of hydrogen-bond donors (Lipinski definition) is 1. The molecule has 2 aromatic rings. The standard InChI is InChI=1S/C19H22F2N2O4S/c1-4-26-15-10-13(7-8-14(15)27-19(20)21)11-23(3)18(25)12(2)22-17(24)16-6-5-9-28-16/h5-10,12,19H,4,11H2,1-3H3,(H,22,24). The van der Waals surface area contributed by atoms with E-state index in [0.29, 0.717) is 10.4 Å². The van der Waals surface area contributed by atoms with Gasteiger partial charge in [0.25, 0.3) is 5.91 Å². The van der Waals surface area contributed by atoms with E-state index < -0.39 is 12.7 Å². The van der Waals surface area contributed by atoms with Crippen LogP contribution in [0.3, 0.4) is 0 Å². The van der Waals surface area contributed by atoms with Crippen LogP contribution in [-0.2, 0) is 11.3 Å². The normalized spacial score (nSPS) is 11.8. The van der Waals surface area contributed by atoms with E-state index in [9.17, 15) is 18.4 Å². The zero-order valence-electron chi connectivity index (χ0n) is 15.8. The Morgan fingerprint density at radius 3 is 2.61 bits per heavy atom. The lowest BCUT2D eigenvalue weighted by atomic mass is 10.1. The van der Waals surface area contributed by atoms with Crippen LogP contribution in [0.25, 0.3) is 0 Å². The largest absolute Gasteiger partial charge is 0.490 e. The fourth-order valence-electron chi connectivity index (χ4n) is 2.53. The Kier molecular flexibility index (Phi) is 7.74. The van der Waals surface area contributed by atoms with Crippen molar-refractivity contribution in [1.82, 2.24) is 10.2 Å². The number of nitrogens with one attached hydrogen (secondary N) is 1. The number of carbonyl (C=O) groups excluding carboxylic acids is 2. The van der Waals surface area contributed by atoms with Crippen molar-refractivity contribution in [3.05, 3.63) is 46.2 Å². The van der Waals surface area contributed by atoms with Gasteiger partial charge in [-0.2, -0.15) is 8.78 Å². The van der Waals surface area contributed by atoms with Crippen LogP contribution in [0.2, 0.25) is 0 Å². The van der Waals surface area contributed by atoms with E-state index in [0.717, 1.165) is 0 Å². The molecular weight excluding hydrogens is 390 g/mol. The first-order valence-electron chi connectivity index (χ1n) is 8.61. The molecule has 28 heavy (non-hydrogen) atoms. The fraction of sp³-hybridized carbons (Fsp3) is 0.368. The van der Waals surface area contributed by atoms with E-state index in [1.54, 1.807) is 50.5 Å². The van der Waals surface area contributed by atoms with Crippen LogP contribution in [0, 0.1) is 0 Å². The molecule has 0 aliphatic carbocycles. The van der Waals surface area contributed by atoms with Gasteiger partial charge in [0.15, 0.2) is 11.5 Å². The van der Waals surface area contributed by atoms with Crippen LogP contribution >= 0.6 is 11.3 Å². The number of rotatable bonds is 9. The van der Waals surface area contributed by atoms with Gasteiger partial charge in [0, 0.05) is 13.6 Å². The molecule has 0 saturated heterocycles. The van der Waals surface area contributed by atoms with E-state index in [4.69, 9.17) is 4.74 Å². The number of likely N-dealkylation sites (N-methyl/N-ethyl adjacent to an activating group) is 1. The Morgan fingerprint density at radius 2 is 2.00 bits per heavy atom. The highest BCUT2D eigenvalue weighted by atomic mass is 32.1. The van der Waals surface area contributed by atoms with Gasteiger partial charge in [-0.25, -0.2) is 0 Å². The SMILES string of the molecule is CCOc1cc(CN(C)C(=O)C(C)NC(=O)c2cccs2)ccc1OC(F)F. The maximum Gasteiger partial charge on any atom is 0.387 e. The van der Waals surface area contributed by atoms with Crippen molar-refractivity contribution >= 4 is 23.2 Å². The minimum Gasteiger partial charge on any atom is -0.490 e. The van der Waals surface area contributed by atoms with Gasteiger partial charge in [-0.15, -0.1) is 11.3 Å². The van der Waals surface area contributed by atoms with Crippen molar-refractivity contribution in [2.24, 2.45) is 0 Å². The smallest absolute Gasteiger partial charge is 0.387 e. The molecule has 1 N–H and O–H groups in total. The molecule has 2 amide bonds. The van der Waals surface area contributed by atoms with Gasteiger partial charge in [-0.1, -0.05) is 12.1 Å². The highest BCUT2D eigenvalue weighted by molar-refractivity contribution is 7.12. The van der Waals surface area contributed by atoms with Crippen LogP contribution in [0.15, 0.2) is 35.7 Å². The first-order chi connectivity index (χ1) is 13.3. The molecule has 0 spiro atoms. The Bertz CT molecular complexity index is 799. The molecular formula is C19H22F2N2O4S. The van der Waals surface area contributed by atoms with Gasteiger partial charge in [0.2, 0.25) is 5.91 Å². The fourth-order valence-corrected chi connectivity index (χ4v) is 3.16. The summed E-state index contributed by atoms with van der Waals surface area (Å²) in [4.78, 5) is 26.6. The predicted octanol–water partition coefficient (Wildman–Crippen LogP) is 3.53. The Labute approximate surface area is 166 Å². The summed E-state index contributed by atoms with van der Waals surface area (Å²) in [6, 6.07) is 7.24. The highest BCUT2D eigenvalue weighted by Crippen LogP contribution is 2.30. The number of nitrogens with zero attached hydrogens (tertiary/aromatic N) is 1. The first-order valence-corrected chi connectivity index (χ1v) is 9.49. The van der Waals surface area contributed by atoms with Crippen molar-refractivity contribution in [2.45, 2.75) is 33.0 Å². The van der Waals surface area contributed by atoms with E-state index >= 15 is 0 Å². The van der Waals surface area contributed by atoms with Crippen molar-refractivity contribution in [2.75, 3.05) is 13.7 Å². The lowest BCUT2D eigenvalue weighted by Crippen LogP contribution is -2.45. The maximum absolute atomic E-state index is 12.5. The van der Waals surface area contributed by atoms with Crippen molar-refractivity contribution < 1.29 is 27.8 Å². The zero-order chi connectivity index (χ0) is 20.7. The van der Waals surface area contributed by atoms with Crippen molar-refractivity contribution in [3.63, 3.8) is 0 Å². The highest BCUT2D eigenvalue weighted by Gasteiger charge is 2.21. The summed E-state index contributed by atoms with van der Waals surface area (Å²) in [6.07, 6.45) is 0. The monoisotopic (exact) mass is 412 g/mol. The number of ether oxygens (including phenoxy) is 2. The van der Waals surface area contributed by atoms with Crippen LogP contribution in [0.1, 0.15) is 29.1 Å². The molecule has 0 aliphatic heterocycles. The summed E-state index contributed by atoms with van der Waals surface area (Å²) < 4.78 is 34.8. The van der Waals surface area contributed by atoms with Crippen LogP contribution in [0.4, 0.5) is 8.78 Å². The van der Waals surface area contributed by atoms with Crippen molar-refractivity contribution in [1.29, 1.82) is 0 Å². The third-order valence-electron chi connectivity index (χ3n) is 3.78.